The molecule has 4 nitrogen and oxygen atoms in total. The Kier molecular flexibility index (Phi) is 4.26. The van der Waals surface area contributed by atoms with Crippen LogP contribution in [0.5, 0.6) is 0 Å². The van der Waals surface area contributed by atoms with Crippen LogP contribution in [0.25, 0.3) is 0 Å². The maximum atomic E-state index is 11.9. The van der Waals surface area contributed by atoms with Gasteiger partial charge in [-0.2, -0.15) is 0 Å². The molecule has 1 aromatic carbocycles. The molecule has 4 heteroatoms. The summed E-state index contributed by atoms with van der Waals surface area (Å²) in [5.74, 6) is -0.177. The van der Waals surface area contributed by atoms with Gasteiger partial charge < -0.3 is 11.1 Å². The van der Waals surface area contributed by atoms with Crippen LogP contribution in [-0.2, 0) is 13.1 Å². The molecule has 0 radical (unpaired) electrons. The van der Waals surface area contributed by atoms with E-state index in [9.17, 15) is 4.79 Å². The van der Waals surface area contributed by atoms with Crippen LogP contribution < -0.4 is 11.1 Å². The van der Waals surface area contributed by atoms with Crippen LogP contribution in [0, 0.1) is 6.92 Å². The zero-order valence-electron chi connectivity index (χ0n) is 10.9. The highest BCUT2D eigenvalue weighted by Crippen LogP contribution is 2.04. The second kappa shape index (κ2) is 6.11. The topological polar surface area (TPSA) is 68.0 Å². The third kappa shape index (κ3) is 3.63. The summed E-state index contributed by atoms with van der Waals surface area (Å²) in [4.78, 5) is 16.0. The summed E-state index contributed by atoms with van der Waals surface area (Å²) in [5, 5.41) is 2.84. The van der Waals surface area contributed by atoms with Crippen molar-refractivity contribution in [2.75, 3.05) is 0 Å². The molecule has 1 aromatic heterocycles. The zero-order chi connectivity index (χ0) is 13.7. The van der Waals surface area contributed by atoms with Crippen molar-refractivity contribution in [3.05, 3.63) is 65.0 Å². The van der Waals surface area contributed by atoms with Gasteiger partial charge in [-0.25, -0.2) is 0 Å². The first-order chi connectivity index (χ1) is 9.19. The van der Waals surface area contributed by atoms with Crippen LogP contribution in [0.1, 0.15) is 27.2 Å². The Hall–Kier alpha value is -2.20. The van der Waals surface area contributed by atoms with Gasteiger partial charge in [0.15, 0.2) is 0 Å². The highest BCUT2D eigenvalue weighted by atomic mass is 16.1. The summed E-state index contributed by atoms with van der Waals surface area (Å²) in [7, 11) is 0. The third-order valence-electron chi connectivity index (χ3n) is 2.87. The van der Waals surface area contributed by atoms with E-state index in [0.717, 1.165) is 11.1 Å². The van der Waals surface area contributed by atoms with Crippen LogP contribution in [0.4, 0.5) is 0 Å². The number of nitrogens with two attached hydrogens (primary N) is 1. The summed E-state index contributed by atoms with van der Waals surface area (Å²) < 4.78 is 0. The van der Waals surface area contributed by atoms with Crippen LogP contribution in [0.3, 0.4) is 0 Å². The molecule has 3 N–H and O–H groups in total. The van der Waals surface area contributed by atoms with E-state index in [1.807, 2.05) is 37.3 Å². The van der Waals surface area contributed by atoms with Crippen LogP contribution in [0.2, 0.25) is 0 Å². The number of hydrogen-bond acceptors (Lipinski definition) is 3. The van der Waals surface area contributed by atoms with Gasteiger partial charge in [-0.15, -0.1) is 0 Å². The van der Waals surface area contributed by atoms with Gasteiger partial charge in [-0.05, 0) is 24.1 Å². The lowest BCUT2D eigenvalue weighted by Crippen LogP contribution is -2.23. The lowest BCUT2D eigenvalue weighted by molar-refractivity contribution is 0.0946. The average molecular weight is 255 g/mol. The van der Waals surface area contributed by atoms with Crippen molar-refractivity contribution >= 4 is 5.91 Å². The fourth-order valence-electron chi connectivity index (χ4n) is 1.66. The van der Waals surface area contributed by atoms with Crippen molar-refractivity contribution in [3.63, 3.8) is 0 Å². The quantitative estimate of drug-likeness (QED) is 0.875. The van der Waals surface area contributed by atoms with Gasteiger partial charge in [-0.1, -0.05) is 35.9 Å². The molecule has 0 fully saturated rings. The smallest absolute Gasteiger partial charge is 0.270 e. The Morgan fingerprint density at radius 1 is 1.16 bits per heavy atom. The predicted octanol–water partition coefficient (Wildman–Crippen LogP) is 1.78. The molecule has 19 heavy (non-hydrogen) atoms. The van der Waals surface area contributed by atoms with Gasteiger partial charge in [0.05, 0.1) is 0 Å². The average Bonchev–Trinajstić information content (AvgIpc) is 2.46. The number of aromatic nitrogens is 1. The highest BCUT2D eigenvalue weighted by Gasteiger charge is 2.06. The second-order valence-corrected chi connectivity index (χ2v) is 4.42. The minimum atomic E-state index is -0.177. The number of amides is 1. The van der Waals surface area contributed by atoms with Gasteiger partial charge >= 0.3 is 0 Å². The van der Waals surface area contributed by atoms with E-state index < -0.39 is 0 Å². The Bertz CT molecular complexity index is 547. The minimum Gasteiger partial charge on any atom is -0.347 e. The molecule has 0 saturated carbocycles. The lowest BCUT2D eigenvalue weighted by Gasteiger charge is -2.05. The van der Waals surface area contributed by atoms with Crippen molar-refractivity contribution in [3.8, 4) is 0 Å². The first kappa shape index (κ1) is 13.2. The van der Waals surface area contributed by atoms with E-state index in [4.69, 9.17) is 5.73 Å². The van der Waals surface area contributed by atoms with Gasteiger partial charge in [-0.3, -0.25) is 9.78 Å². The zero-order valence-corrected chi connectivity index (χ0v) is 10.9. The molecule has 98 valence electrons. The number of nitrogens with one attached hydrogen (secondary N) is 1. The molecule has 1 amide bonds. The molecule has 0 atom stereocenters. The van der Waals surface area contributed by atoms with E-state index >= 15 is 0 Å². The van der Waals surface area contributed by atoms with Gasteiger partial charge in [0.25, 0.3) is 5.91 Å². The van der Waals surface area contributed by atoms with E-state index in [1.54, 1.807) is 12.3 Å². The van der Waals surface area contributed by atoms with Gasteiger partial charge in [0.1, 0.15) is 5.69 Å². The Morgan fingerprint density at radius 3 is 2.42 bits per heavy atom. The molecule has 0 aliphatic heterocycles. The monoisotopic (exact) mass is 255 g/mol. The number of nitrogens with zero attached hydrogens (tertiary/aromatic N) is 1. The normalized spacial score (nSPS) is 10.2. The molecule has 0 unspecified atom stereocenters. The first-order valence-corrected chi connectivity index (χ1v) is 6.18. The van der Waals surface area contributed by atoms with Gasteiger partial charge in [0, 0.05) is 19.3 Å². The Labute approximate surface area is 112 Å². The SMILES string of the molecule is Cc1ccc(CNC(=O)c2ccc(CN)cn2)cc1. The summed E-state index contributed by atoms with van der Waals surface area (Å²) in [5.41, 5.74) is 9.07. The molecule has 2 rings (SSSR count). The van der Waals surface area contributed by atoms with Crippen LogP contribution in [-0.4, -0.2) is 10.9 Å². The van der Waals surface area contributed by atoms with Crippen LogP contribution in [0.15, 0.2) is 42.6 Å². The van der Waals surface area contributed by atoms with E-state index in [-0.39, 0.29) is 5.91 Å². The Balaban J connectivity index is 1.95. The number of hydrogen-bond donors (Lipinski definition) is 2. The maximum absolute atomic E-state index is 11.9. The summed E-state index contributed by atoms with van der Waals surface area (Å²) >= 11 is 0. The van der Waals surface area contributed by atoms with Crippen molar-refractivity contribution < 1.29 is 4.79 Å². The summed E-state index contributed by atoms with van der Waals surface area (Å²) in [6.45, 7) is 2.96. The number of pyridine rings is 1. The maximum Gasteiger partial charge on any atom is 0.270 e. The van der Waals surface area contributed by atoms with Crippen molar-refractivity contribution in [2.24, 2.45) is 5.73 Å². The third-order valence-corrected chi connectivity index (χ3v) is 2.87. The fourth-order valence-corrected chi connectivity index (χ4v) is 1.66. The molecule has 0 bridgehead atoms. The van der Waals surface area contributed by atoms with Gasteiger partial charge in [0.2, 0.25) is 0 Å². The highest BCUT2D eigenvalue weighted by molar-refractivity contribution is 5.92. The molecular formula is C15H17N3O. The van der Waals surface area contributed by atoms with Crippen molar-refractivity contribution in [2.45, 2.75) is 20.0 Å². The Morgan fingerprint density at radius 2 is 1.84 bits per heavy atom. The minimum absolute atomic E-state index is 0.177. The number of benzene rings is 1. The van der Waals surface area contributed by atoms with E-state index in [0.29, 0.717) is 18.8 Å². The molecule has 0 spiro atoms. The fraction of sp³-hybridized carbons (Fsp3) is 0.200. The number of carbonyl (C=O) groups excluding carboxylic acids is 1. The van der Waals surface area contributed by atoms with Crippen LogP contribution >= 0.6 is 0 Å². The molecule has 0 saturated heterocycles. The molecule has 0 aliphatic carbocycles. The first-order valence-electron chi connectivity index (χ1n) is 6.18. The number of aryl methyl sites for hydroxylation is 1. The molecular weight excluding hydrogens is 238 g/mol. The molecule has 1 heterocycles. The number of carbonyl (C=O) groups is 1. The van der Waals surface area contributed by atoms with E-state index in [1.165, 1.54) is 5.56 Å². The standard InChI is InChI=1S/C15H17N3O/c1-11-2-4-12(5-3-11)9-18-15(19)14-7-6-13(8-16)10-17-14/h2-7,10H,8-9,16H2,1H3,(H,18,19). The number of rotatable bonds is 4. The molecule has 2 aromatic rings. The summed E-state index contributed by atoms with van der Waals surface area (Å²) in [6.07, 6.45) is 1.63. The van der Waals surface area contributed by atoms with E-state index in [2.05, 4.69) is 10.3 Å². The predicted molar refractivity (Wildman–Crippen MR) is 74.5 cm³/mol. The second-order valence-electron chi connectivity index (χ2n) is 4.42. The lowest BCUT2D eigenvalue weighted by atomic mass is 10.1. The van der Waals surface area contributed by atoms with Crippen molar-refractivity contribution in [1.29, 1.82) is 0 Å². The largest absolute Gasteiger partial charge is 0.347 e. The summed E-state index contributed by atoms with van der Waals surface area (Å²) in [6, 6.07) is 11.5. The van der Waals surface area contributed by atoms with Crippen molar-refractivity contribution in [1.82, 2.24) is 10.3 Å². The molecule has 0 aliphatic rings.